The number of nitrogens with two attached hydrogens (primary N) is 1. The average molecular weight is 355 g/mol. The van der Waals surface area contributed by atoms with Crippen LogP contribution in [0, 0.1) is 12.3 Å². The highest BCUT2D eigenvalue weighted by molar-refractivity contribution is 5.70. The molecule has 1 saturated carbocycles. The highest BCUT2D eigenvalue weighted by atomic mass is 19.2. The first-order valence-corrected chi connectivity index (χ1v) is 7.29. The largest absolute Gasteiger partial charge is 0.390 e. The number of halogens is 2. The molecular weight excluding hydrogens is 340 g/mol. The molecule has 0 bridgehead atoms. The van der Waals surface area contributed by atoms with Crippen molar-refractivity contribution in [3.8, 4) is 12.3 Å². The molecule has 25 heavy (non-hydrogen) atoms. The number of H-pyrrole nitrogens is 1. The molecule has 3 rings (SSSR count). The molecule has 1 fully saturated rings. The van der Waals surface area contributed by atoms with Crippen molar-refractivity contribution in [1.29, 1.82) is 0 Å². The smallest absolute Gasteiger partial charge is 0.280 e. The van der Waals surface area contributed by atoms with Gasteiger partial charge in [0, 0.05) is 0 Å². The monoisotopic (exact) mass is 355 g/mol. The van der Waals surface area contributed by atoms with Gasteiger partial charge in [0.25, 0.3) is 11.4 Å². The van der Waals surface area contributed by atoms with Gasteiger partial charge in [0.05, 0.1) is 18.5 Å². The van der Waals surface area contributed by atoms with Crippen molar-refractivity contribution in [2.75, 3.05) is 12.3 Å². The summed E-state index contributed by atoms with van der Waals surface area (Å²) < 4.78 is 34.4. The maximum absolute atomic E-state index is 14.5. The zero-order valence-corrected chi connectivity index (χ0v) is 12.8. The number of ether oxygens (including phenoxy) is 1. The number of aliphatic hydroxyl groups excluding tert-OH is 2. The number of aromatic nitrogens is 4. The Morgan fingerprint density at radius 2 is 2.40 bits per heavy atom. The van der Waals surface area contributed by atoms with Crippen LogP contribution in [0.3, 0.4) is 0 Å². The zero-order chi connectivity index (χ0) is 18.4. The maximum Gasteiger partial charge on any atom is 0.280 e. The van der Waals surface area contributed by atoms with Gasteiger partial charge in [-0.2, -0.15) is 4.98 Å². The van der Waals surface area contributed by atoms with Crippen molar-refractivity contribution in [3.63, 3.8) is 0 Å². The number of alkyl halides is 2. The Hall–Kier alpha value is -2.55. The van der Waals surface area contributed by atoms with E-state index in [0.29, 0.717) is 0 Å². The van der Waals surface area contributed by atoms with Gasteiger partial charge >= 0.3 is 0 Å². The second-order valence-electron chi connectivity index (χ2n) is 5.69. The summed E-state index contributed by atoms with van der Waals surface area (Å²) in [6, 6.07) is -0.475. The number of fused-ring (bicyclic) bond motifs is 1. The van der Waals surface area contributed by atoms with E-state index in [4.69, 9.17) is 22.0 Å². The molecule has 0 saturated heterocycles. The molecule has 0 aliphatic heterocycles. The fourth-order valence-electron chi connectivity index (χ4n) is 2.53. The lowest BCUT2D eigenvalue weighted by molar-refractivity contribution is -0.242. The number of nitrogens with zero attached hydrogens (tertiary/aromatic N) is 3. The van der Waals surface area contributed by atoms with Crippen molar-refractivity contribution >= 4 is 17.1 Å². The van der Waals surface area contributed by atoms with Gasteiger partial charge in [-0.15, -0.1) is 6.42 Å². The molecule has 11 heteroatoms. The summed E-state index contributed by atoms with van der Waals surface area (Å²) in [6.07, 6.45) is 0.895. The summed E-state index contributed by atoms with van der Waals surface area (Å²) >= 11 is 0. The standard InChI is InChI=1S/C14H15F2N5O4/c1-2-6(15)10(23)14(16,4-22)25-8-3-7(8)21-5-18-9-11(21)19-13(17)20-12(9)24/h1,5-8,10,22-23H,3-4H2,(H3,17,19,20,24)/t6?,7?,8-,10+,14-/m1/s1. The summed E-state index contributed by atoms with van der Waals surface area (Å²) in [5, 5.41) is 18.8. The molecule has 2 aromatic rings. The maximum atomic E-state index is 14.5. The second kappa shape index (κ2) is 6.07. The zero-order valence-electron chi connectivity index (χ0n) is 12.8. The molecule has 134 valence electrons. The Labute approximate surface area is 139 Å². The van der Waals surface area contributed by atoms with E-state index in [9.17, 15) is 18.7 Å². The predicted octanol–water partition coefficient (Wildman–Crippen LogP) is -0.978. The molecule has 2 heterocycles. The molecule has 1 aliphatic carbocycles. The fraction of sp³-hybridized carbons (Fsp3) is 0.500. The number of nitrogens with one attached hydrogen (secondary N) is 1. The molecule has 9 nitrogen and oxygen atoms in total. The molecule has 5 atom stereocenters. The Bertz CT molecular complexity index is 893. The first kappa shape index (κ1) is 17.3. The minimum Gasteiger partial charge on any atom is -0.390 e. The van der Waals surface area contributed by atoms with Crippen LogP contribution in [0.4, 0.5) is 14.7 Å². The van der Waals surface area contributed by atoms with Gasteiger partial charge in [-0.25, -0.2) is 13.8 Å². The van der Waals surface area contributed by atoms with Crippen LogP contribution in [0.1, 0.15) is 12.5 Å². The number of anilines is 1. The van der Waals surface area contributed by atoms with E-state index in [1.54, 1.807) is 5.92 Å². The van der Waals surface area contributed by atoms with Crippen LogP contribution in [-0.2, 0) is 4.74 Å². The van der Waals surface area contributed by atoms with Crippen molar-refractivity contribution < 1.29 is 23.7 Å². The number of aromatic amines is 1. The summed E-state index contributed by atoms with van der Waals surface area (Å²) in [7, 11) is 0. The Kier molecular flexibility index (Phi) is 4.19. The van der Waals surface area contributed by atoms with Crippen molar-refractivity contribution in [3.05, 3.63) is 16.7 Å². The SMILES string of the molecule is C#CC(F)[C@H](O)[C@@](F)(CO)O[C@@H]1CC1n1cnc2c(=O)[nH]c(N)nc21. The minimum absolute atomic E-state index is 0.0460. The van der Waals surface area contributed by atoms with Gasteiger partial charge in [-0.3, -0.25) is 9.78 Å². The fourth-order valence-corrected chi connectivity index (χ4v) is 2.53. The average Bonchev–Trinajstić information content (AvgIpc) is 3.20. The molecule has 0 radical (unpaired) electrons. The third kappa shape index (κ3) is 2.95. The second-order valence-corrected chi connectivity index (χ2v) is 5.69. The predicted molar refractivity (Wildman–Crippen MR) is 81.7 cm³/mol. The number of hydrogen-bond donors (Lipinski definition) is 4. The topological polar surface area (TPSA) is 139 Å². The highest BCUT2D eigenvalue weighted by Gasteiger charge is 2.52. The van der Waals surface area contributed by atoms with E-state index in [1.807, 2.05) is 0 Å². The summed E-state index contributed by atoms with van der Waals surface area (Å²) in [6.45, 7) is -1.28. The number of terminal acetylenes is 1. The third-order valence-corrected chi connectivity index (χ3v) is 3.95. The van der Waals surface area contributed by atoms with Crippen LogP contribution in [-0.4, -0.2) is 60.6 Å². The van der Waals surface area contributed by atoms with Crippen molar-refractivity contribution in [1.82, 2.24) is 19.5 Å². The van der Waals surface area contributed by atoms with Crippen molar-refractivity contribution in [2.45, 2.75) is 36.7 Å². The summed E-state index contributed by atoms with van der Waals surface area (Å²) in [4.78, 5) is 21.9. The van der Waals surface area contributed by atoms with E-state index in [1.165, 1.54) is 10.9 Å². The normalized spacial score (nSPS) is 24.4. The van der Waals surface area contributed by atoms with Crippen LogP contribution in [0.15, 0.2) is 11.1 Å². The van der Waals surface area contributed by atoms with Gasteiger partial charge < -0.3 is 25.3 Å². The van der Waals surface area contributed by atoms with Crippen LogP contribution < -0.4 is 11.3 Å². The van der Waals surface area contributed by atoms with E-state index in [0.717, 1.165) is 0 Å². The van der Waals surface area contributed by atoms with E-state index in [-0.39, 0.29) is 23.5 Å². The lowest BCUT2D eigenvalue weighted by Crippen LogP contribution is -2.49. The molecular formula is C14H15F2N5O4. The van der Waals surface area contributed by atoms with Gasteiger partial charge in [0.2, 0.25) is 5.95 Å². The minimum atomic E-state index is -3.06. The quantitative estimate of drug-likeness (QED) is 0.489. The Morgan fingerprint density at radius 1 is 1.68 bits per heavy atom. The number of nitrogen functional groups attached to an aromatic ring is 1. The van der Waals surface area contributed by atoms with Gasteiger partial charge in [0.1, 0.15) is 6.61 Å². The molecule has 0 spiro atoms. The third-order valence-electron chi connectivity index (χ3n) is 3.95. The van der Waals surface area contributed by atoms with E-state index >= 15 is 0 Å². The highest BCUT2D eigenvalue weighted by Crippen LogP contribution is 2.43. The first-order chi connectivity index (χ1) is 11.8. The molecule has 2 aromatic heterocycles. The van der Waals surface area contributed by atoms with Crippen LogP contribution in [0.5, 0.6) is 0 Å². The molecule has 5 N–H and O–H groups in total. The lowest BCUT2D eigenvalue weighted by atomic mass is 10.1. The Balaban J connectivity index is 1.81. The van der Waals surface area contributed by atoms with Gasteiger partial charge in [0.15, 0.2) is 23.4 Å². The van der Waals surface area contributed by atoms with E-state index in [2.05, 4.69) is 15.0 Å². The van der Waals surface area contributed by atoms with Gasteiger partial charge in [-0.05, 0) is 6.42 Å². The molecule has 0 amide bonds. The molecule has 1 aliphatic rings. The van der Waals surface area contributed by atoms with Crippen molar-refractivity contribution in [2.24, 2.45) is 0 Å². The summed E-state index contributed by atoms with van der Waals surface area (Å²) in [5.74, 6) is -1.63. The number of rotatable bonds is 6. The molecule has 2 unspecified atom stereocenters. The summed E-state index contributed by atoms with van der Waals surface area (Å²) in [5.41, 5.74) is 5.19. The van der Waals surface area contributed by atoms with Gasteiger partial charge in [-0.1, -0.05) is 5.92 Å². The molecule has 0 aromatic carbocycles. The van der Waals surface area contributed by atoms with Crippen LogP contribution in [0.25, 0.3) is 11.2 Å². The number of imidazole rings is 1. The Morgan fingerprint density at radius 3 is 3.04 bits per heavy atom. The van der Waals surface area contributed by atoms with Crippen LogP contribution >= 0.6 is 0 Å². The number of aliphatic hydroxyl groups is 2. The van der Waals surface area contributed by atoms with E-state index < -0.39 is 42.4 Å². The lowest BCUT2D eigenvalue weighted by Gasteiger charge is -2.29. The first-order valence-electron chi connectivity index (χ1n) is 7.29. The van der Waals surface area contributed by atoms with Crippen LogP contribution in [0.2, 0.25) is 0 Å². The number of hydrogen-bond acceptors (Lipinski definition) is 7.